The van der Waals surface area contributed by atoms with Crippen molar-refractivity contribution in [2.24, 2.45) is 0 Å². The molecule has 1 aliphatic heterocycles. The van der Waals surface area contributed by atoms with Gasteiger partial charge in [-0.2, -0.15) is 0 Å². The number of nitrogens with zero attached hydrogens (tertiary/aromatic N) is 1. The second-order valence-electron chi connectivity index (χ2n) is 4.19. The van der Waals surface area contributed by atoms with Crippen LogP contribution in [-0.2, 0) is 4.79 Å². The van der Waals surface area contributed by atoms with E-state index in [1.54, 1.807) is 18.9 Å². The van der Waals surface area contributed by atoms with E-state index in [1.165, 1.54) is 12.8 Å². The van der Waals surface area contributed by atoms with Gasteiger partial charge in [0.15, 0.2) is 0 Å². The minimum absolute atomic E-state index is 0.127. The van der Waals surface area contributed by atoms with Crippen LogP contribution in [-0.4, -0.2) is 43.0 Å². The standard InChI is InChI=1S/C11H21N3O2/c1-9(10(15)12-2)13-11(16)14-7-5-3-4-6-8-14/h9H,3-8H2,1-2H3,(H,12,15)(H,13,16). The van der Waals surface area contributed by atoms with E-state index in [4.69, 9.17) is 0 Å². The molecule has 3 amide bonds. The van der Waals surface area contributed by atoms with E-state index in [2.05, 4.69) is 10.6 Å². The molecule has 0 spiro atoms. The summed E-state index contributed by atoms with van der Waals surface area (Å²) in [5.74, 6) is -0.164. The Morgan fingerprint density at radius 1 is 1.12 bits per heavy atom. The van der Waals surface area contributed by atoms with Gasteiger partial charge in [-0.25, -0.2) is 4.79 Å². The fraction of sp³-hybridized carbons (Fsp3) is 0.818. The highest BCUT2D eigenvalue weighted by molar-refractivity contribution is 5.86. The van der Waals surface area contributed by atoms with Gasteiger partial charge >= 0.3 is 6.03 Å². The Kier molecular flexibility index (Phi) is 5.08. The molecule has 0 aromatic heterocycles. The van der Waals surface area contributed by atoms with Crippen LogP contribution in [0.5, 0.6) is 0 Å². The monoisotopic (exact) mass is 227 g/mol. The van der Waals surface area contributed by atoms with Crippen LogP contribution in [0.25, 0.3) is 0 Å². The third-order valence-electron chi connectivity index (χ3n) is 2.87. The summed E-state index contributed by atoms with van der Waals surface area (Å²) >= 11 is 0. The van der Waals surface area contributed by atoms with Crippen molar-refractivity contribution < 1.29 is 9.59 Å². The van der Waals surface area contributed by atoms with Gasteiger partial charge in [-0.3, -0.25) is 4.79 Å². The Hall–Kier alpha value is -1.26. The smallest absolute Gasteiger partial charge is 0.318 e. The third-order valence-corrected chi connectivity index (χ3v) is 2.87. The Morgan fingerprint density at radius 2 is 1.69 bits per heavy atom. The van der Waals surface area contributed by atoms with Crippen molar-refractivity contribution in [3.05, 3.63) is 0 Å². The van der Waals surface area contributed by atoms with Crippen LogP contribution < -0.4 is 10.6 Å². The first-order chi connectivity index (χ1) is 7.65. The van der Waals surface area contributed by atoms with Crippen molar-refractivity contribution >= 4 is 11.9 Å². The van der Waals surface area contributed by atoms with Gasteiger partial charge < -0.3 is 15.5 Å². The number of urea groups is 1. The van der Waals surface area contributed by atoms with Gasteiger partial charge in [0.25, 0.3) is 0 Å². The van der Waals surface area contributed by atoms with Crippen LogP contribution in [0.15, 0.2) is 0 Å². The molecule has 92 valence electrons. The van der Waals surface area contributed by atoms with E-state index in [0.717, 1.165) is 25.9 Å². The number of carbonyl (C=O) groups is 2. The van der Waals surface area contributed by atoms with Gasteiger partial charge in [-0.15, -0.1) is 0 Å². The highest BCUT2D eigenvalue weighted by Gasteiger charge is 2.19. The van der Waals surface area contributed by atoms with Gasteiger partial charge in [0.2, 0.25) is 5.91 Å². The molecule has 1 fully saturated rings. The number of likely N-dealkylation sites (tertiary alicyclic amines) is 1. The molecule has 1 saturated heterocycles. The molecule has 0 aromatic rings. The SMILES string of the molecule is CNC(=O)C(C)NC(=O)N1CCCCCC1. The van der Waals surface area contributed by atoms with Crippen molar-refractivity contribution in [2.45, 2.75) is 38.6 Å². The van der Waals surface area contributed by atoms with Gasteiger partial charge in [0.1, 0.15) is 6.04 Å². The number of likely N-dealkylation sites (N-methyl/N-ethyl adjacent to an activating group) is 1. The summed E-state index contributed by atoms with van der Waals surface area (Å²) in [4.78, 5) is 24.9. The zero-order valence-electron chi connectivity index (χ0n) is 10.1. The summed E-state index contributed by atoms with van der Waals surface area (Å²) in [6.45, 7) is 3.28. The minimum Gasteiger partial charge on any atom is -0.357 e. The fourth-order valence-electron chi connectivity index (χ4n) is 1.83. The summed E-state index contributed by atoms with van der Waals surface area (Å²) in [5, 5.41) is 5.22. The molecule has 5 heteroatoms. The number of nitrogens with one attached hydrogen (secondary N) is 2. The van der Waals surface area contributed by atoms with E-state index >= 15 is 0 Å². The molecule has 1 atom stereocenters. The van der Waals surface area contributed by atoms with Crippen LogP contribution in [0.2, 0.25) is 0 Å². The predicted molar refractivity (Wildman–Crippen MR) is 62.1 cm³/mol. The topological polar surface area (TPSA) is 61.4 Å². The Morgan fingerprint density at radius 3 is 2.19 bits per heavy atom. The van der Waals surface area contributed by atoms with Crippen LogP contribution in [0.4, 0.5) is 4.79 Å². The molecule has 0 aromatic carbocycles. The third kappa shape index (κ3) is 3.72. The summed E-state index contributed by atoms with van der Waals surface area (Å²) < 4.78 is 0. The second kappa shape index (κ2) is 6.35. The molecule has 2 N–H and O–H groups in total. The molecule has 1 unspecified atom stereocenters. The van der Waals surface area contributed by atoms with Gasteiger partial charge in [0, 0.05) is 20.1 Å². The Balaban J connectivity index is 2.41. The van der Waals surface area contributed by atoms with Crippen molar-refractivity contribution in [1.29, 1.82) is 0 Å². The lowest BCUT2D eigenvalue weighted by molar-refractivity contribution is -0.122. The maximum atomic E-state index is 11.8. The fourth-order valence-corrected chi connectivity index (χ4v) is 1.83. The maximum absolute atomic E-state index is 11.8. The van der Waals surface area contributed by atoms with Crippen LogP contribution in [0.1, 0.15) is 32.6 Å². The highest BCUT2D eigenvalue weighted by Crippen LogP contribution is 2.09. The molecule has 1 rings (SSSR count). The first-order valence-corrected chi connectivity index (χ1v) is 5.92. The van der Waals surface area contributed by atoms with Crippen LogP contribution in [0, 0.1) is 0 Å². The van der Waals surface area contributed by atoms with Crippen LogP contribution >= 0.6 is 0 Å². The molecule has 1 aliphatic rings. The molecule has 1 heterocycles. The number of carbonyl (C=O) groups excluding carboxylic acids is 2. The molecular weight excluding hydrogens is 206 g/mol. The van der Waals surface area contributed by atoms with E-state index in [1.807, 2.05) is 0 Å². The first kappa shape index (κ1) is 12.8. The normalized spacial score (nSPS) is 18.5. The Bertz CT molecular complexity index is 248. The zero-order valence-corrected chi connectivity index (χ0v) is 10.1. The van der Waals surface area contributed by atoms with Gasteiger partial charge in [-0.05, 0) is 19.8 Å². The molecule has 0 radical (unpaired) electrons. The molecule has 5 nitrogen and oxygen atoms in total. The largest absolute Gasteiger partial charge is 0.357 e. The van der Waals surface area contributed by atoms with Gasteiger partial charge in [0.05, 0.1) is 0 Å². The average molecular weight is 227 g/mol. The Labute approximate surface area is 96.6 Å². The number of hydrogen-bond acceptors (Lipinski definition) is 2. The number of hydrogen-bond donors (Lipinski definition) is 2. The molecule has 16 heavy (non-hydrogen) atoms. The zero-order chi connectivity index (χ0) is 12.0. The van der Waals surface area contributed by atoms with Crippen molar-refractivity contribution in [1.82, 2.24) is 15.5 Å². The van der Waals surface area contributed by atoms with E-state index in [0.29, 0.717) is 0 Å². The lowest BCUT2D eigenvalue weighted by Crippen LogP contribution is -2.49. The summed E-state index contributed by atoms with van der Waals surface area (Å²) in [6, 6.07) is -0.598. The summed E-state index contributed by atoms with van der Waals surface area (Å²) in [6.07, 6.45) is 4.49. The summed E-state index contributed by atoms with van der Waals surface area (Å²) in [7, 11) is 1.57. The summed E-state index contributed by atoms with van der Waals surface area (Å²) in [5.41, 5.74) is 0. The lowest BCUT2D eigenvalue weighted by Gasteiger charge is -2.22. The minimum atomic E-state index is -0.472. The van der Waals surface area contributed by atoms with Crippen LogP contribution in [0.3, 0.4) is 0 Å². The first-order valence-electron chi connectivity index (χ1n) is 5.92. The van der Waals surface area contributed by atoms with E-state index in [-0.39, 0.29) is 11.9 Å². The molecule has 0 saturated carbocycles. The highest BCUT2D eigenvalue weighted by atomic mass is 16.2. The van der Waals surface area contributed by atoms with Crippen molar-refractivity contribution in [3.8, 4) is 0 Å². The second-order valence-corrected chi connectivity index (χ2v) is 4.19. The number of rotatable bonds is 2. The molecule has 0 aliphatic carbocycles. The number of amides is 3. The molecule has 0 bridgehead atoms. The van der Waals surface area contributed by atoms with Crippen molar-refractivity contribution in [3.63, 3.8) is 0 Å². The van der Waals surface area contributed by atoms with Gasteiger partial charge in [-0.1, -0.05) is 12.8 Å². The quantitative estimate of drug-likeness (QED) is 0.729. The lowest BCUT2D eigenvalue weighted by atomic mass is 10.2. The molecular formula is C11H21N3O2. The maximum Gasteiger partial charge on any atom is 0.318 e. The average Bonchev–Trinajstić information content (AvgIpc) is 2.56. The van der Waals surface area contributed by atoms with Crippen molar-refractivity contribution in [2.75, 3.05) is 20.1 Å². The predicted octanol–water partition coefficient (Wildman–Crippen LogP) is 0.706. The van der Waals surface area contributed by atoms with E-state index < -0.39 is 6.04 Å². The van der Waals surface area contributed by atoms with E-state index in [9.17, 15) is 9.59 Å².